The Morgan fingerprint density at radius 2 is 1.65 bits per heavy atom. The summed E-state index contributed by atoms with van der Waals surface area (Å²) in [6.45, 7) is 6.73. The van der Waals surface area contributed by atoms with Gasteiger partial charge in [-0.2, -0.15) is 0 Å². The standard InChI is InChI=1S/C28H29ClN4O/c1-2-31-16-18-32(19-17-31)27(34)15-13-25-28(21-8-4-3-5-9-21)30-26-14-12-22(20-33(25)26)23-10-6-7-11-24(23)29/h3-12,14,20H,2,13,15-19H2,1H3. The Kier molecular flexibility index (Phi) is 6.66. The molecule has 174 valence electrons. The summed E-state index contributed by atoms with van der Waals surface area (Å²) in [5, 5.41) is 0.716. The molecule has 1 saturated heterocycles. The van der Waals surface area contributed by atoms with Gasteiger partial charge in [0.2, 0.25) is 5.91 Å². The molecular weight excluding hydrogens is 444 g/mol. The number of rotatable bonds is 6. The summed E-state index contributed by atoms with van der Waals surface area (Å²) < 4.78 is 2.13. The number of imidazole rings is 1. The number of aryl methyl sites for hydroxylation is 1. The van der Waals surface area contributed by atoms with Crippen molar-refractivity contribution in [2.24, 2.45) is 0 Å². The van der Waals surface area contributed by atoms with Gasteiger partial charge in [-0.1, -0.05) is 67.1 Å². The minimum absolute atomic E-state index is 0.215. The smallest absolute Gasteiger partial charge is 0.223 e. The third kappa shape index (κ3) is 4.59. The lowest BCUT2D eigenvalue weighted by Crippen LogP contribution is -2.48. The third-order valence-corrected chi connectivity index (χ3v) is 7.03. The van der Waals surface area contributed by atoms with Crippen molar-refractivity contribution in [3.05, 3.63) is 83.6 Å². The number of hydrogen-bond acceptors (Lipinski definition) is 3. The minimum atomic E-state index is 0.215. The van der Waals surface area contributed by atoms with Gasteiger partial charge in [-0.25, -0.2) is 4.98 Å². The summed E-state index contributed by atoms with van der Waals surface area (Å²) in [6, 6.07) is 22.2. The average Bonchev–Trinajstić information content (AvgIpc) is 3.26. The van der Waals surface area contributed by atoms with E-state index in [4.69, 9.17) is 16.6 Å². The van der Waals surface area contributed by atoms with E-state index in [1.54, 1.807) is 0 Å². The molecule has 5 nitrogen and oxygen atoms in total. The molecule has 0 radical (unpaired) electrons. The summed E-state index contributed by atoms with van der Waals surface area (Å²) in [5.41, 5.74) is 5.92. The third-order valence-electron chi connectivity index (χ3n) is 6.70. The van der Waals surface area contributed by atoms with E-state index in [1.807, 2.05) is 53.4 Å². The molecule has 0 N–H and O–H groups in total. The molecule has 0 unspecified atom stereocenters. The monoisotopic (exact) mass is 472 g/mol. The highest BCUT2D eigenvalue weighted by Crippen LogP contribution is 2.31. The highest BCUT2D eigenvalue weighted by atomic mass is 35.5. The molecule has 0 atom stereocenters. The molecule has 1 fully saturated rings. The summed E-state index contributed by atoms with van der Waals surface area (Å²) in [5.74, 6) is 0.215. The van der Waals surface area contributed by atoms with Crippen LogP contribution in [0.5, 0.6) is 0 Å². The molecule has 2 aromatic carbocycles. The predicted molar refractivity (Wildman–Crippen MR) is 138 cm³/mol. The van der Waals surface area contributed by atoms with Gasteiger partial charge in [0.15, 0.2) is 0 Å². The first kappa shape index (κ1) is 22.6. The fraction of sp³-hybridized carbons (Fsp3) is 0.286. The number of likely N-dealkylation sites (N-methyl/N-ethyl adjacent to an activating group) is 1. The Bertz CT molecular complexity index is 1290. The zero-order valence-electron chi connectivity index (χ0n) is 19.5. The van der Waals surface area contributed by atoms with Crippen molar-refractivity contribution < 1.29 is 4.79 Å². The van der Waals surface area contributed by atoms with Crippen LogP contribution in [0.15, 0.2) is 72.9 Å². The Morgan fingerprint density at radius 3 is 2.38 bits per heavy atom. The Hall–Kier alpha value is -3.15. The van der Waals surface area contributed by atoms with Crippen LogP contribution in [0.1, 0.15) is 19.0 Å². The zero-order valence-corrected chi connectivity index (χ0v) is 20.2. The van der Waals surface area contributed by atoms with Crippen molar-refractivity contribution in [2.45, 2.75) is 19.8 Å². The number of nitrogens with zero attached hydrogens (tertiary/aromatic N) is 4. The lowest BCUT2D eigenvalue weighted by molar-refractivity contribution is -0.132. The molecule has 0 aliphatic carbocycles. The number of hydrogen-bond donors (Lipinski definition) is 0. The lowest BCUT2D eigenvalue weighted by atomic mass is 10.1. The van der Waals surface area contributed by atoms with Gasteiger partial charge in [0.25, 0.3) is 0 Å². The summed E-state index contributed by atoms with van der Waals surface area (Å²) in [6.07, 6.45) is 3.19. The number of carbonyl (C=O) groups excluding carboxylic acids is 1. The highest BCUT2D eigenvalue weighted by Gasteiger charge is 2.22. The normalized spacial score (nSPS) is 14.6. The second-order valence-corrected chi connectivity index (χ2v) is 9.12. The van der Waals surface area contributed by atoms with Gasteiger partial charge in [-0.15, -0.1) is 0 Å². The Morgan fingerprint density at radius 1 is 0.912 bits per heavy atom. The maximum atomic E-state index is 13.1. The fourth-order valence-corrected chi connectivity index (χ4v) is 4.96. The molecule has 6 heteroatoms. The number of piperazine rings is 1. The molecule has 0 saturated carbocycles. The van der Waals surface area contributed by atoms with Gasteiger partial charge in [0.05, 0.1) is 11.4 Å². The first-order valence-electron chi connectivity index (χ1n) is 12.0. The number of carbonyl (C=O) groups is 1. The van der Waals surface area contributed by atoms with Crippen LogP contribution < -0.4 is 0 Å². The van der Waals surface area contributed by atoms with E-state index in [1.165, 1.54) is 0 Å². The average molecular weight is 473 g/mol. The van der Waals surface area contributed by atoms with Gasteiger partial charge in [-0.3, -0.25) is 4.79 Å². The number of halogens is 1. The predicted octanol–water partition coefficient (Wildman–Crippen LogP) is 5.42. The van der Waals surface area contributed by atoms with E-state index < -0.39 is 0 Å². The number of benzene rings is 2. The second-order valence-electron chi connectivity index (χ2n) is 8.71. The minimum Gasteiger partial charge on any atom is -0.340 e. The van der Waals surface area contributed by atoms with Crippen LogP contribution in [0, 0.1) is 0 Å². The number of aromatic nitrogens is 2. The first-order valence-corrected chi connectivity index (χ1v) is 12.3. The molecule has 1 aliphatic heterocycles. The largest absolute Gasteiger partial charge is 0.340 e. The molecule has 4 aromatic rings. The molecule has 5 rings (SSSR count). The van der Waals surface area contributed by atoms with Crippen LogP contribution in [-0.2, 0) is 11.2 Å². The van der Waals surface area contributed by atoms with Gasteiger partial charge in [0.1, 0.15) is 5.65 Å². The van der Waals surface area contributed by atoms with Gasteiger partial charge in [-0.05, 0) is 36.7 Å². The molecule has 0 bridgehead atoms. The van der Waals surface area contributed by atoms with Crippen molar-refractivity contribution in [1.29, 1.82) is 0 Å². The van der Waals surface area contributed by atoms with Crippen molar-refractivity contribution in [3.8, 4) is 22.4 Å². The van der Waals surface area contributed by atoms with E-state index in [0.717, 1.165) is 66.4 Å². The van der Waals surface area contributed by atoms with Crippen LogP contribution >= 0.6 is 11.6 Å². The molecule has 34 heavy (non-hydrogen) atoms. The van der Waals surface area contributed by atoms with E-state index in [-0.39, 0.29) is 5.91 Å². The van der Waals surface area contributed by atoms with Crippen LogP contribution in [0.2, 0.25) is 5.02 Å². The summed E-state index contributed by atoms with van der Waals surface area (Å²) in [7, 11) is 0. The van der Waals surface area contributed by atoms with E-state index in [9.17, 15) is 4.79 Å². The van der Waals surface area contributed by atoms with Gasteiger partial charge in [0, 0.05) is 54.9 Å². The quantitative estimate of drug-likeness (QED) is 0.376. The van der Waals surface area contributed by atoms with Gasteiger partial charge >= 0.3 is 0 Å². The highest BCUT2D eigenvalue weighted by molar-refractivity contribution is 6.33. The first-order chi connectivity index (χ1) is 16.6. The summed E-state index contributed by atoms with van der Waals surface area (Å²) in [4.78, 5) is 22.4. The number of fused-ring (bicyclic) bond motifs is 1. The number of pyridine rings is 1. The number of amides is 1. The van der Waals surface area contributed by atoms with E-state index in [0.29, 0.717) is 17.9 Å². The van der Waals surface area contributed by atoms with Crippen LogP contribution in [0.25, 0.3) is 28.0 Å². The second kappa shape index (κ2) is 10.00. The lowest BCUT2D eigenvalue weighted by Gasteiger charge is -2.34. The Labute approximate surface area is 205 Å². The van der Waals surface area contributed by atoms with E-state index >= 15 is 0 Å². The van der Waals surface area contributed by atoms with Crippen molar-refractivity contribution in [2.75, 3.05) is 32.7 Å². The van der Waals surface area contributed by atoms with Crippen molar-refractivity contribution in [1.82, 2.24) is 19.2 Å². The fourth-order valence-electron chi connectivity index (χ4n) is 4.71. The van der Waals surface area contributed by atoms with E-state index in [2.05, 4.69) is 40.6 Å². The van der Waals surface area contributed by atoms with Crippen LogP contribution in [0.3, 0.4) is 0 Å². The molecule has 1 amide bonds. The maximum absolute atomic E-state index is 13.1. The molecular formula is C28H29ClN4O. The summed E-state index contributed by atoms with van der Waals surface area (Å²) >= 11 is 6.48. The van der Waals surface area contributed by atoms with Crippen LogP contribution in [-0.4, -0.2) is 57.8 Å². The SMILES string of the molecule is CCN1CCN(C(=O)CCc2c(-c3ccccc3)nc3ccc(-c4ccccc4Cl)cn23)CC1. The molecule has 3 heterocycles. The Balaban J connectivity index is 1.48. The zero-order chi connectivity index (χ0) is 23.5. The van der Waals surface area contributed by atoms with Crippen molar-refractivity contribution >= 4 is 23.2 Å². The van der Waals surface area contributed by atoms with Crippen LogP contribution in [0.4, 0.5) is 0 Å². The van der Waals surface area contributed by atoms with Gasteiger partial charge < -0.3 is 14.2 Å². The maximum Gasteiger partial charge on any atom is 0.223 e. The molecule has 0 spiro atoms. The topological polar surface area (TPSA) is 40.8 Å². The molecule has 1 aliphatic rings. The molecule has 2 aromatic heterocycles. The van der Waals surface area contributed by atoms with Crippen molar-refractivity contribution in [3.63, 3.8) is 0 Å².